The highest BCUT2D eigenvalue weighted by Gasteiger charge is 2.15. The standard InChI is InChI=1S/C21H20BrClFN7O/c1-12-8-19(28-30(12)10-15-4-5-16(24)9-17(15)23)25-21(32)18-6-7-29(27-18)11-31-14(3)20(22)13(2)26-31/h4-9H,10-11H2,1-3H3,(H,25,28,32). The normalized spacial score (nSPS) is 11.2. The van der Waals surface area contributed by atoms with Crippen LogP contribution in [0.3, 0.4) is 0 Å². The summed E-state index contributed by atoms with van der Waals surface area (Å²) in [5.41, 5.74) is 3.68. The minimum Gasteiger partial charge on any atom is -0.304 e. The molecule has 1 aromatic carbocycles. The first-order valence-corrected chi connectivity index (χ1v) is 10.9. The minimum absolute atomic E-state index is 0.263. The number of rotatable bonds is 6. The van der Waals surface area contributed by atoms with Crippen molar-refractivity contribution in [3.05, 3.63) is 80.2 Å². The zero-order valence-corrected chi connectivity index (χ0v) is 19.9. The Morgan fingerprint density at radius 3 is 2.59 bits per heavy atom. The maximum Gasteiger partial charge on any atom is 0.277 e. The molecule has 32 heavy (non-hydrogen) atoms. The predicted octanol–water partition coefficient (Wildman–Crippen LogP) is 4.56. The fourth-order valence-electron chi connectivity index (χ4n) is 3.23. The molecule has 0 aliphatic rings. The Kier molecular flexibility index (Phi) is 6.16. The van der Waals surface area contributed by atoms with Crippen molar-refractivity contribution >= 4 is 39.3 Å². The Hall–Kier alpha value is -2.98. The lowest BCUT2D eigenvalue weighted by molar-refractivity contribution is 0.102. The SMILES string of the molecule is Cc1nn(Cn2ccc(C(=O)Nc3cc(C)n(Cc4ccc(F)cc4Cl)n3)n2)c(C)c1Br. The van der Waals surface area contributed by atoms with E-state index in [2.05, 4.69) is 36.5 Å². The van der Waals surface area contributed by atoms with Gasteiger partial charge in [0.15, 0.2) is 11.5 Å². The molecule has 8 nitrogen and oxygen atoms in total. The molecule has 0 bridgehead atoms. The molecule has 0 atom stereocenters. The third-order valence-electron chi connectivity index (χ3n) is 5.00. The second-order valence-electron chi connectivity index (χ2n) is 7.38. The molecule has 0 unspecified atom stereocenters. The summed E-state index contributed by atoms with van der Waals surface area (Å²) < 4.78 is 19.4. The maximum absolute atomic E-state index is 13.3. The zero-order valence-electron chi connectivity index (χ0n) is 17.6. The number of nitrogens with one attached hydrogen (secondary N) is 1. The fraction of sp³-hybridized carbons (Fsp3) is 0.238. The van der Waals surface area contributed by atoms with E-state index in [1.807, 2.05) is 20.8 Å². The van der Waals surface area contributed by atoms with Crippen molar-refractivity contribution in [1.29, 1.82) is 0 Å². The second kappa shape index (κ2) is 8.87. The summed E-state index contributed by atoms with van der Waals surface area (Å²) in [6, 6.07) is 7.62. The number of benzene rings is 1. The molecule has 0 radical (unpaired) electrons. The first kappa shape index (κ1) is 22.2. The summed E-state index contributed by atoms with van der Waals surface area (Å²) in [6.07, 6.45) is 1.72. The van der Waals surface area contributed by atoms with E-state index in [1.54, 1.807) is 38.4 Å². The van der Waals surface area contributed by atoms with Gasteiger partial charge in [-0.25, -0.2) is 9.07 Å². The van der Waals surface area contributed by atoms with Gasteiger partial charge in [-0.3, -0.25) is 14.2 Å². The van der Waals surface area contributed by atoms with Crippen molar-refractivity contribution in [3.8, 4) is 0 Å². The summed E-state index contributed by atoms with van der Waals surface area (Å²) in [7, 11) is 0. The molecule has 0 fully saturated rings. The van der Waals surface area contributed by atoms with E-state index in [0.717, 1.165) is 27.1 Å². The van der Waals surface area contributed by atoms with E-state index in [4.69, 9.17) is 11.6 Å². The van der Waals surface area contributed by atoms with Crippen molar-refractivity contribution in [2.75, 3.05) is 5.32 Å². The highest BCUT2D eigenvalue weighted by atomic mass is 79.9. The van der Waals surface area contributed by atoms with Gasteiger partial charge in [-0.05, 0) is 60.5 Å². The van der Waals surface area contributed by atoms with Gasteiger partial charge < -0.3 is 5.32 Å². The molecule has 0 spiro atoms. The van der Waals surface area contributed by atoms with Gasteiger partial charge in [-0.2, -0.15) is 15.3 Å². The van der Waals surface area contributed by atoms with Crippen LogP contribution in [0.5, 0.6) is 0 Å². The summed E-state index contributed by atoms with van der Waals surface area (Å²) >= 11 is 9.62. The average Bonchev–Trinajstić information content (AvgIpc) is 3.40. The number of halogens is 3. The van der Waals surface area contributed by atoms with E-state index in [0.29, 0.717) is 24.1 Å². The lowest BCUT2D eigenvalue weighted by Crippen LogP contribution is -2.16. The quantitative estimate of drug-likeness (QED) is 0.404. The lowest BCUT2D eigenvalue weighted by Gasteiger charge is -2.06. The molecule has 3 aromatic heterocycles. The Balaban J connectivity index is 1.44. The summed E-state index contributed by atoms with van der Waals surface area (Å²) in [6.45, 7) is 6.48. The molecule has 4 rings (SSSR count). The van der Waals surface area contributed by atoms with Gasteiger partial charge in [0.1, 0.15) is 12.5 Å². The van der Waals surface area contributed by atoms with Crippen molar-refractivity contribution in [2.45, 2.75) is 34.0 Å². The van der Waals surface area contributed by atoms with Crippen LogP contribution in [-0.4, -0.2) is 35.2 Å². The molecule has 0 saturated carbocycles. The fourth-order valence-corrected chi connectivity index (χ4v) is 3.75. The number of nitrogens with zero attached hydrogens (tertiary/aromatic N) is 6. The topological polar surface area (TPSA) is 82.6 Å². The number of amides is 1. The first-order chi connectivity index (χ1) is 15.2. The van der Waals surface area contributed by atoms with Gasteiger partial charge in [0, 0.05) is 23.0 Å². The van der Waals surface area contributed by atoms with Crippen LogP contribution in [0.4, 0.5) is 10.2 Å². The molecule has 166 valence electrons. The molecule has 1 amide bonds. The van der Waals surface area contributed by atoms with Crippen LogP contribution in [0.25, 0.3) is 0 Å². The summed E-state index contributed by atoms with van der Waals surface area (Å²) in [5.74, 6) is -0.376. The van der Waals surface area contributed by atoms with Crippen LogP contribution < -0.4 is 5.32 Å². The van der Waals surface area contributed by atoms with Crippen molar-refractivity contribution < 1.29 is 9.18 Å². The van der Waals surface area contributed by atoms with Crippen LogP contribution in [-0.2, 0) is 13.2 Å². The Bertz CT molecular complexity index is 1310. The molecule has 3 heterocycles. The van der Waals surface area contributed by atoms with Gasteiger partial charge in [-0.1, -0.05) is 17.7 Å². The van der Waals surface area contributed by atoms with Gasteiger partial charge in [-0.15, -0.1) is 0 Å². The number of carbonyl (C=O) groups excluding carboxylic acids is 1. The highest BCUT2D eigenvalue weighted by molar-refractivity contribution is 9.10. The molecule has 0 saturated heterocycles. The van der Waals surface area contributed by atoms with Crippen LogP contribution >= 0.6 is 27.5 Å². The Morgan fingerprint density at radius 1 is 1.12 bits per heavy atom. The molecule has 4 aromatic rings. The molecule has 0 aliphatic heterocycles. The van der Waals surface area contributed by atoms with Crippen molar-refractivity contribution in [1.82, 2.24) is 29.3 Å². The second-order valence-corrected chi connectivity index (χ2v) is 8.58. The highest BCUT2D eigenvalue weighted by Crippen LogP contribution is 2.21. The number of aromatic nitrogens is 6. The molecule has 11 heteroatoms. The number of hydrogen-bond acceptors (Lipinski definition) is 4. The van der Waals surface area contributed by atoms with E-state index >= 15 is 0 Å². The third kappa shape index (κ3) is 4.61. The largest absolute Gasteiger partial charge is 0.304 e. The first-order valence-electron chi connectivity index (χ1n) is 9.74. The van der Waals surface area contributed by atoms with E-state index < -0.39 is 5.82 Å². The number of anilines is 1. The molecular weight excluding hydrogens is 501 g/mol. The minimum atomic E-state index is -0.395. The number of carbonyl (C=O) groups is 1. The Morgan fingerprint density at radius 2 is 1.91 bits per heavy atom. The Labute approximate surface area is 197 Å². The summed E-state index contributed by atoms with van der Waals surface area (Å²) in [5, 5.41) is 16.3. The third-order valence-corrected chi connectivity index (χ3v) is 6.50. The van der Waals surface area contributed by atoms with Crippen molar-refractivity contribution in [3.63, 3.8) is 0 Å². The van der Waals surface area contributed by atoms with Crippen molar-refractivity contribution in [2.24, 2.45) is 0 Å². The van der Waals surface area contributed by atoms with Crippen LogP contribution in [0.2, 0.25) is 5.02 Å². The van der Waals surface area contributed by atoms with Gasteiger partial charge in [0.2, 0.25) is 0 Å². The number of aryl methyl sites for hydroxylation is 2. The lowest BCUT2D eigenvalue weighted by atomic mass is 10.2. The number of hydrogen-bond donors (Lipinski definition) is 1. The van der Waals surface area contributed by atoms with E-state index in [-0.39, 0.29) is 11.6 Å². The van der Waals surface area contributed by atoms with Crippen LogP contribution in [0, 0.1) is 26.6 Å². The van der Waals surface area contributed by atoms with E-state index in [1.165, 1.54) is 12.1 Å². The predicted molar refractivity (Wildman–Crippen MR) is 122 cm³/mol. The summed E-state index contributed by atoms with van der Waals surface area (Å²) in [4.78, 5) is 12.6. The average molecular weight is 521 g/mol. The van der Waals surface area contributed by atoms with Crippen LogP contribution in [0.1, 0.15) is 33.1 Å². The molecule has 0 aliphatic carbocycles. The maximum atomic E-state index is 13.3. The van der Waals surface area contributed by atoms with Gasteiger partial charge in [0.25, 0.3) is 5.91 Å². The smallest absolute Gasteiger partial charge is 0.277 e. The zero-order chi connectivity index (χ0) is 23.0. The van der Waals surface area contributed by atoms with Gasteiger partial charge in [0.05, 0.1) is 22.4 Å². The van der Waals surface area contributed by atoms with Crippen LogP contribution in [0.15, 0.2) is 41.0 Å². The monoisotopic (exact) mass is 519 g/mol. The van der Waals surface area contributed by atoms with E-state index in [9.17, 15) is 9.18 Å². The molecule has 1 N–H and O–H groups in total. The molecular formula is C21H20BrClFN7O. The van der Waals surface area contributed by atoms with Gasteiger partial charge >= 0.3 is 0 Å².